The van der Waals surface area contributed by atoms with E-state index < -0.39 is 0 Å². The van der Waals surface area contributed by atoms with Gasteiger partial charge in [-0.3, -0.25) is 4.90 Å². The van der Waals surface area contributed by atoms with Crippen molar-refractivity contribution < 1.29 is 13.9 Å². The van der Waals surface area contributed by atoms with Crippen LogP contribution >= 0.6 is 0 Å². The molecule has 2 N–H and O–H groups in total. The zero-order valence-corrected chi connectivity index (χ0v) is 15.1. The van der Waals surface area contributed by atoms with Gasteiger partial charge in [0, 0.05) is 32.7 Å². The number of guanidine groups is 1. The van der Waals surface area contributed by atoms with E-state index in [0.717, 1.165) is 51.9 Å². The van der Waals surface area contributed by atoms with Crippen molar-refractivity contribution in [3.8, 4) is 5.75 Å². The first kappa shape index (κ1) is 19.5. The number of para-hydroxylation sites is 1. The molecule has 0 amide bonds. The Morgan fingerprint density at radius 3 is 2.80 bits per heavy atom. The van der Waals surface area contributed by atoms with Gasteiger partial charge < -0.3 is 20.1 Å². The lowest BCUT2D eigenvalue weighted by molar-refractivity contribution is 0.0389. The van der Waals surface area contributed by atoms with Crippen LogP contribution in [0.3, 0.4) is 0 Å². The molecule has 0 aliphatic carbocycles. The number of ether oxygens (including phenoxy) is 2. The van der Waals surface area contributed by atoms with Gasteiger partial charge in [0.2, 0.25) is 0 Å². The van der Waals surface area contributed by atoms with Crippen LogP contribution in [0, 0.1) is 5.82 Å². The Kier molecular flexibility index (Phi) is 8.48. The van der Waals surface area contributed by atoms with Gasteiger partial charge in [0.25, 0.3) is 0 Å². The molecule has 25 heavy (non-hydrogen) atoms. The van der Waals surface area contributed by atoms with Gasteiger partial charge in [-0.05, 0) is 26.0 Å². The highest BCUT2D eigenvalue weighted by molar-refractivity contribution is 5.79. The van der Waals surface area contributed by atoms with Crippen molar-refractivity contribution in [1.29, 1.82) is 0 Å². The fourth-order valence-electron chi connectivity index (χ4n) is 2.51. The standard InChI is InChI=1S/C18H29FN4O2/c1-3-20-18(21-8-9-23-10-12-24-13-11-23)22-14-15(2)25-17-7-5-4-6-16(17)19/h4-7,15H,3,8-14H2,1-2H3,(H2,20,21,22). The molecular formula is C18H29FN4O2. The van der Waals surface area contributed by atoms with Crippen LogP contribution < -0.4 is 15.4 Å². The number of aliphatic imine (C=N–C) groups is 1. The zero-order chi connectivity index (χ0) is 17.9. The summed E-state index contributed by atoms with van der Waals surface area (Å²) in [6, 6.07) is 6.42. The topological polar surface area (TPSA) is 58.1 Å². The molecule has 1 heterocycles. The monoisotopic (exact) mass is 352 g/mol. The van der Waals surface area contributed by atoms with E-state index in [2.05, 4.69) is 20.5 Å². The fraction of sp³-hybridized carbons (Fsp3) is 0.611. The summed E-state index contributed by atoms with van der Waals surface area (Å²) >= 11 is 0. The normalized spacial score (nSPS) is 17.2. The van der Waals surface area contributed by atoms with E-state index in [9.17, 15) is 4.39 Å². The molecule has 0 bridgehead atoms. The van der Waals surface area contributed by atoms with E-state index >= 15 is 0 Å². The van der Waals surface area contributed by atoms with E-state index in [-0.39, 0.29) is 17.7 Å². The molecule has 140 valence electrons. The smallest absolute Gasteiger partial charge is 0.191 e. The first-order chi connectivity index (χ1) is 12.2. The highest BCUT2D eigenvalue weighted by Gasteiger charge is 2.10. The minimum Gasteiger partial charge on any atom is -0.486 e. The summed E-state index contributed by atoms with van der Waals surface area (Å²) in [7, 11) is 0. The van der Waals surface area contributed by atoms with E-state index in [1.54, 1.807) is 18.2 Å². The third-order valence-electron chi connectivity index (χ3n) is 3.84. The molecule has 1 aromatic rings. The number of nitrogens with zero attached hydrogens (tertiary/aromatic N) is 2. The molecular weight excluding hydrogens is 323 g/mol. The molecule has 6 nitrogen and oxygen atoms in total. The number of hydrogen-bond acceptors (Lipinski definition) is 4. The van der Waals surface area contributed by atoms with Crippen LogP contribution in [0.4, 0.5) is 4.39 Å². The third-order valence-corrected chi connectivity index (χ3v) is 3.84. The Hall–Kier alpha value is -1.86. The van der Waals surface area contributed by atoms with Crippen molar-refractivity contribution in [1.82, 2.24) is 15.5 Å². The van der Waals surface area contributed by atoms with Crippen LogP contribution in [0.2, 0.25) is 0 Å². The number of rotatable bonds is 8. The van der Waals surface area contributed by atoms with Crippen molar-refractivity contribution in [2.75, 3.05) is 52.5 Å². The lowest BCUT2D eigenvalue weighted by Gasteiger charge is -2.26. The van der Waals surface area contributed by atoms with E-state index in [1.807, 2.05) is 13.8 Å². The molecule has 1 aliphatic rings. The van der Waals surface area contributed by atoms with Gasteiger partial charge in [-0.1, -0.05) is 12.1 Å². The van der Waals surface area contributed by atoms with Crippen LogP contribution in [0.25, 0.3) is 0 Å². The first-order valence-corrected chi connectivity index (χ1v) is 8.92. The molecule has 0 aromatic heterocycles. The van der Waals surface area contributed by atoms with Crippen LogP contribution in [-0.2, 0) is 4.74 Å². The molecule has 1 aromatic carbocycles. The van der Waals surface area contributed by atoms with Crippen molar-refractivity contribution in [3.05, 3.63) is 30.1 Å². The van der Waals surface area contributed by atoms with Crippen molar-refractivity contribution in [2.24, 2.45) is 4.99 Å². The lowest BCUT2D eigenvalue weighted by Crippen LogP contribution is -2.44. The van der Waals surface area contributed by atoms with E-state index in [0.29, 0.717) is 6.54 Å². The van der Waals surface area contributed by atoms with Gasteiger partial charge in [0.05, 0.1) is 19.8 Å². The van der Waals surface area contributed by atoms with Gasteiger partial charge in [0.1, 0.15) is 6.10 Å². The average molecular weight is 352 g/mol. The van der Waals surface area contributed by atoms with E-state index in [1.165, 1.54) is 6.07 Å². The van der Waals surface area contributed by atoms with Crippen molar-refractivity contribution in [2.45, 2.75) is 20.0 Å². The summed E-state index contributed by atoms with van der Waals surface area (Å²) in [5.41, 5.74) is 0. The Morgan fingerprint density at radius 1 is 1.32 bits per heavy atom. The number of nitrogens with one attached hydrogen (secondary N) is 2. The Labute approximate surface area is 149 Å². The molecule has 2 rings (SSSR count). The molecule has 1 aliphatic heterocycles. The molecule has 1 atom stereocenters. The summed E-state index contributed by atoms with van der Waals surface area (Å²) in [5.74, 6) is 0.657. The van der Waals surface area contributed by atoms with Crippen LogP contribution in [0.1, 0.15) is 13.8 Å². The Morgan fingerprint density at radius 2 is 2.08 bits per heavy atom. The Bertz CT molecular complexity index is 536. The Balaban J connectivity index is 1.76. The van der Waals surface area contributed by atoms with E-state index in [4.69, 9.17) is 9.47 Å². The predicted octanol–water partition coefficient (Wildman–Crippen LogP) is 1.48. The molecule has 1 saturated heterocycles. The van der Waals surface area contributed by atoms with Gasteiger partial charge in [-0.25, -0.2) is 9.38 Å². The second-order valence-corrected chi connectivity index (χ2v) is 5.96. The minimum absolute atomic E-state index is 0.216. The van der Waals surface area contributed by atoms with Gasteiger partial charge >= 0.3 is 0 Å². The summed E-state index contributed by atoms with van der Waals surface area (Å²) in [5, 5.41) is 6.54. The SMILES string of the molecule is CCNC(=NCC(C)Oc1ccccc1F)NCCN1CCOCC1. The summed E-state index contributed by atoms with van der Waals surface area (Å²) in [6.45, 7) is 10.5. The zero-order valence-electron chi connectivity index (χ0n) is 15.1. The first-order valence-electron chi connectivity index (χ1n) is 8.92. The molecule has 1 fully saturated rings. The maximum absolute atomic E-state index is 13.6. The fourth-order valence-corrected chi connectivity index (χ4v) is 2.51. The molecule has 1 unspecified atom stereocenters. The number of morpholine rings is 1. The third kappa shape index (κ3) is 7.27. The molecule has 0 saturated carbocycles. The molecule has 0 spiro atoms. The number of hydrogen-bond donors (Lipinski definition) is 2. The van der Waals surface area contributed by atoms with Gasteiger partial charge in [-0.15, -0.1) is 0 Å². The summed E-state index contributed by atoms with van der Waals surface area (Å²) < 4.78 is 24.6. The number of benzene rings is 1. The largest absolute Gasteiger partial charge is 0.486 e. The van der Waals surface area contributed by atoms with Gasteiger partial charge in [0.15, 0.2) is 17.5 Å². The van der Waals surface area contributed by atoms with Crippen LogP contribution in [0.5, 0.6) is 5.75 Å². The average Bonchev–Trinajstić information content (AvgIpc) is 2.62. The summed E-state index contributed by atoms with van der Waals surface area (Å²) in [6.07, 6.45) is -0.216. The molecule has 0 radical (unpaired) electrons. The quantitative estimate of drug-likeness (QED) is 0.548. The van der Waals surface area contributed by atoms with Crippen molar-refractivity contribution >= 4 is 5.96 Å². The highest BCUT2D eigenvalue weighted by Crippen LogP contribution is 2.16. The summed E-state index contributed by atoms with van der Waals surface area (Å²) in [4.78, 5) is 6.89. The number of halogens is 1. The molecule has 7 heteroatoms. The maximum Gasteiger partial charge on any atom is 0.191 e. The second kappa shape index (κ2) is 10.9. The van der Waals surface area contributed by atoms with Crippen LogP contribution in [-0.4, -0.2) is 69.4 Å². The maximum atomic E-state index is 13.6. The van der Waals surface area contributed by atoms with Crippen LogP contribution in [0.15, 0.2) is 29.3 Å². The van der Waals surface area contributed by atoms with Gasteiger partial charge in [-0.2, -0.15) is 0 Å². The van der Waals surface area contributed by atoms with Crippen molar-refractivity contribution in [3.63, 3.8) is 0 Å². The minimum atomic E-state index is -0.353. The lowest BCUT2D eigenvalue weighted by atomic mass is 10.3. The second-order valence-electron chi connectivity index (χ2n) is 5.96. The highest BCUT2D eigenvalue weighted by atomic mass is 19.1. The predicted molar refractivity (Wildman–Crippen MR) is 97.7 cm³/mol.